The van der Waals surface area contributed by atoms with Gasteiger partial charge >= 0.3 is 0 Å². The number of benzene rings is 3. The second-order valence-corrected chi connectivity index (χ2v) is 8.19. The van der Waals surface area contributed by atoms with E-state index in [2.05, 4.69) is 10.6 Å². The third-order valence-electron chi connectivity index (χ3n) is 5.15. The Bertz CT molecular complexity index is 1300. The number of anilines is 1. The molecule has 0 bridgehead atoms. The standard InChI is InChI=1S/C25H21FN2O3S/c1-15-17(24(29)27-2)10-6-12-20(15)28-25(30)23-18(14-31-16-8-4-3-5-9-16)22-19(26)11-7-13-21(22)32-23/h3-13H,14H2,1-2H3,(H,27,29)(H,28,30). The van der Waals surface area contributed by atoms with E-state index in [-0.39, 0.29) is 18.4 Å². The van der Waals surface area contributed by atoms with Crippen molar-refractivity contribution in [3.63, 3.8) is 0 Å². The first-order chi connectivity index (χ1) is 15.5. The number of rotatable bonds is 6. The minimum atomic E-state index is -0.401. The van der Waals surface area contributed by atoms with Crippen LogP contribution in [0.2, 0.25) is 0 Å². The Hall–Kier alpha value is -3.71. The maximum atomic E-state index is 14.7. The van der Waals surface area contributed by atoms with Gasteiger partial charge in [0.05, 0.1) is 0 Å². The highest BCUT2D eigenvalue weighted by Gasteiger charge is 2.22. The fraction of sp³-hybridized carbons (Fsp3) is 0.120. The summed E-state index contributed by atoms with van der Waals surface area (Å²) in [6.45, 7) is 1.81. The molecule has 0 spiro atoms. The van der Waals surface area contributed by atoms with Gasteiger partial charge in [0, 0.05) is 33.9 Å². The van der Waals surface area contributed by atoms with Crippen molar-refractivity contribution in [2.45, 2.75) is 13.5 Å². The van der Waals surface area contributed by atoms with Gasteiger partial charge in [0.15, 0.2) is 0 Å². The van der Waals surface area contributed by atoms with Crippen LogP contribution in [-0.4, -0.2) is 18.9 Å². The molecule has 0 fully saturated rings. The normalized spacial score (nSPS) is 10.7. The lowest BCUT2D eigenvalue weighted by Crippen LogP contribution is -2.20. The highest BCUT2D eigenvalue weighted by atomic mass is 32.1. The Morgan fingerprint density at radius 3 is 2.47 bits per heavy atom. The number of nitrogens with one attached hydrogen (secondary N) is 2. The fourth-order valence-corrected chi connectivity index (χ4v) is 4.61. The molecule has 162 valence electrons. The van der Waals surface area contributed by atoms with Crippen LogP contribution >= 0.6 is 11.3 Å². The van der Waals surface area contributed by atoms with Crippen LogP contribution in [-0.2, 0) is 6.61 Å². The number of fused-ring (bicyclic) bond motifs is 1. The molecule has 0 aliphatic rings. The van der Waals surface area contributed by atoms with E-state index >= 15 is 0 Å². The topological polar surface area (TPSA) is 67.4 Å². The first kappa shape index (κ1) is 21.5. The van der Waals surface area contributed by atoms with Crippen LogP contribution in [0, 0.1) is 12.7 Å². The Kier molecular flexibility index (Phi) is 6.18. The van der Waals surface area contributed by atoms with Crippen LogP contribution in [0.15, 0.2) is 66.7 Å². The van der Waals surface area contributed by atoms with Gasteiger partial charge in [0.1, 0.15) is 23.1 Å². The smallest absolute Gasteiger partial charge is 0.266 e. The summed E-state index contributed by atoms with van der Waals surface area (Å²) < 4.78 is 21.2. The molecule has 0 saturated carbocycles. The zero-order chi connectivity index (χ0) is 22.7. The lowest BCUT2D eigenvalue weighted by molar-refractivity contribution is 0.0961. The molecular formula is C25H21FN2O3S. The number of carbonyl (C=O) groups is 2. The molecule has 3 aromatic carbocycles. The molecule has 0 unspecified atom stereocenters. The van der Waals surface area contributed by atoms with E-state index in [1.807, 2.05) is 18.2 Å². The van der Waals surface area contributed by atoms with Crippen LogP contribution < -0.4 is 15.4 Å². The first-order valence-corrected chi connectivity index (χ1v) is 10.8. The molecule has 32 heavy (non-hydrogen) atoms. The van der Waals surface area contributed by atoms with Gasteiger partial charge in [0.25, 0.3) is 11.8 Å². The zero-order valence-corrected chi connectivity index (χ0v) is 18.4. The summed E-state index contributed by atoms with van der Waals surface area (Å²) >= 11 is 1.21. The van der Waals surface area contributed by atoms with Crippen LogP contribution in [0.25, 0.3) is 10.1 Å². The van der Waals surface area contributed by atoms with Gasteiger partial charge in [-0.2, -0.15) is 0 Å². The molecule has 4 rings (SSSR count). The Balaban J connectivity index is 1.70. The minimum absolute atomic E-state index is 0.0466. The number of amides is 2. The molecule has 2 amide bonds. The SMILES string of the molecule is CNC(=O)c1cccc(NC(=O)c2sc3cccc(F)c3c2COc2ccccc2)c1C. The first-order valence-electron chi connectivity index (χ1n) is 10.0. The second kappa shape index (κ2) is 9.20. The number of hydrogen-bond acceptors (Lipinski definition) is 4. The number of carbonyl (C=O) groups excluding carboxylic acids is 2. The molecule has 0 radical (unpaired) electrons. The van der Waals surface area contributed by atoms with Gasteiger partial charge in [-0.25, -0.2) is 4.39 Å². The molecule has 0 saturated heterocycles. The van der Waals surface area contributed by atoms with Crippen molar-refractivity contribution in [2.75, 3.05) is 12.4 Å². The van der Waals surface area contributed by atoms with Gasteiger partial charge < -0.3 is 15.4 Å². The van der Waals surface area contributed by atoms with Gasteiger partial charge in [-0.1, -0.05) is 30.3 Å². The largest absolute Gasteiger partial charge is 0.489 e. The maximum absolute atomic E-state index is 14.7. The van der Waals surface area contributed by atoms with E-state index in [4.69, 9.17) is 4.74 Å². The molecule has 1 heterocycles. The lowest BCUT2D eigenvalue weighted by Gasteiger charge is -2.12. The molecule has 5 nitrogen and oxygen atoms in total. The number of hydrogen-bond donors (Lipinski definition) is 2. The van der Waals surface area contributed by atoms with E-state index in [9.17, 15) is 14.0 Å². The molecule has 0 aliphatic heterocycles. The highest BCUT2D eigenvalue weighted by Crippen LogP contribution is 2.35. The fourth-order valence-electron chi connectivity index (χ4n) is 3.49. The van der Waals surface area contributed by atoms with Crippen molar-refractivity contribution < 1.29 is 18.7 Å². The summed E-state index contributed by atoms with van der Waals surface area (Å²) in [5, 5.41) is 5.85. The van der Waals surface area contributed by atoms with Crippen LogP contribution in [0.5, 0.6) is 5.75 Å². The van der Waals surface area contributed by atoms with Crippen molar-refractivity contribution >= 4 is 38.9 Å². The molecule has 0 aliphatic carbocycles. The van der Waals surface area contributed by atoms with Crippen molar-refractivity contribution in [3.8, 4) is 5.75 Å². The van der Waals surface area contributed by atoms with Crippen molar-refractivity contribution in [3.05, 3.63) is 94.1 Å². The number of thiophene rings is 1. The van der Waals surface area contributed by atoms with Crippen molar-refractivity contribution in [1.29, 1.82) is 0 Å². The van der Waals surface area contributed by atoms with Gasteiger partial charge in [0.2, 0.25) is 0 Å². The predicted molar refractivity (Wildman–Crippen MR) is 125 cm³/mol. The molecule has 2 N–H and O–H groups in total. The highest BCUT2D eigenvalue weighted by molar-refractivity contribution is 7.21. The number of halogens is 1. The van der Waals surface area contributed by atoms with Gasteiger partial charge in [-0.05, 0) is 48.9 Å². The van der Waals surface area contributed by atoms with Gasteiger partial charge in [-0.15, -0.1) is 11.3 Å². The van der Waals surface area contributed by atoms with Gasteiger partial charge in [-0.3, -0.25) is 9.59 Å². The molecule has 4 aromatic rings. The Labute approximate surface area is 188 Å². The van der Waals surface area contributed by atoms with E-state index in [1.54, 1.807) is 56.4 Å². The summed E-state index contributed by atoms with van der Waals surface area (Å²) in [6.07, 6.45) is 0. The monoisotopic (exact) mass is 448 g/mol. The van der Waals surface area contributed by atoms with Crippen LogP contribution in [0.3, 0.4) is 0 Å². The minimum Gasteiger partial charge on any atom is -0.489 e. The molecule has 1 aromatic heterocycles. The maximum Gasteiger partial charge on any atom is 0.266 e. The van der Waals surface area contributed by atoms with E-state index in [1.165, 1.54) is 17.4 Å². The van der Waals surface area contributed by atoms with Crippen molar-refractivity contribution in [2.24, 2.45) is 0 Å². The predicted octanol–water partition coefficient (Wildman–Crippen LogP) is 5.54. The zero-order valence-electron chi connectivity index (χ0n) is 17.6. The summed E-state index contributed by atoms with van der Waals surface area (Å²) in [6, 6.07) is 19.1. The van der Waals surface area contributed by atoms with Crippen molar-refractivity contribution in [1.82, 2.24) is 5.32 Å². The summed E-state index contributed by atoms with van der Waals surface area (Å²) in [7, 11) is 1.55. The van der Waals surface area contributed by atoms with Crippen LogP contribution in [0.4, 0.5) is 10.1 Å². The average molecular weight is 449 g/mol. The average Bonchev–Trinajstić information content (AvgIpc) is 3.19. The van der Waals surface area contributed by atoms with Crippen LogP contribution in [0.1, 0.15) is 31.2 Å². The Morgan fingerprint density at radius 2 is 1.72 bits per heavy atom. The van der Waals surface area contributed by atoms with E-state index in [0.29, 0.717) is 43.1 Å². The Morgan fingerprint density at radius 1 is 0.969 bits per heavy atom. The lowest BCUT2D eigenvalue weighted by atomic mass is 10.1. The molecular weight excluding hydrogens is 427 g/mol. The summed E-state index contributed by atoms with van der Waals surface area (Å²) in [5.41, 5.74) is 2.13. The number of ether oxygens (including phenoxy) is 1. The molecule has 7 heteroatoms. The number of para-hydroxylation sites is 1. The summed E-state index contributed by atoms with van der Waals surface area (Å²) in [5.74, 6) is -0.389. The summed E-state index contributed by atoms with van der Waals surface area (Å²) in [4.78, 5) is 25.7. The third-order valence-corrected chi connectivity index (χ3v) is 6.35. The van der Waals surface area contributed by atoms with E-state index in [0.717, 1.165) is 0 Å². The van der Waals surface area contributed by atoms with E-state index < -0.39 is 5.82 Å². The molecule has 0 atom stereocenters. The second-order valence-electron chi connectivity index (χ2n) is 7.14. The quantitative estimate of drug-likeness (QED) is 0.407. The third kappa shape index (κ3) is 4.20.